The molecule has 2 rings (SSSR count). The van der Waals surface area contributed by atoms with Gasteiger partial charge in [-0.05, 0) is 6.92 Å². The molecule has 0 radical (unpaired) electrons. The van der Waals surface area contributed by atoms with Gasteiger partial charge in [0.15, 0.2) is 5.78 Å². The van der Waals surface area contributed by atoms with Crippen LogP contribution in [0.15, 0.2) is 35.4 Å². The van der Waals surface area contributed by atoms with E-state index in [4.69, 9.17) is 11.6 Å². The third-order valence-corrected chi connectivity index (χ3v) is 3.34. The van der Waals surface area contributed by atoms with E-state index in [9.17, 15) is 9.59 Å². The number of hydrogen-bond acceptors (Lipinski definition) is 3. The van der Waals surface area contributed by atoms with Crippen LogP contribution in [0.2, 0.25) is 0 Å². The Morgan fingerprint density at radius 2 is 1.94 bits per heavy atom. The summed E-state index contributed by atoms with van der Waals surface area (Å²) in [6, 6.07) is 8.50. The molecule has 4 nitrogen and oxygen atoms in total. The molecule has 5 heteroatoms. The number of Topliss-reactive ketones (excluding diaryl/α,β-unsaturated/α-hetero) is 1. The highest BCUT2D eigenvalue weighted by Gasteiger charge is 2.52. The number of halogens is 1. The van der Waals surface area contributed by atoms with E-state index in [1.54, 1.807) is 37.3 Å². The third kappa shape index (κ3) is 1.65. The molecule has 0 saturated carbocycles. The number of amides is 1. The second kappa shape index (κ2) is 3.96. The van der Waals surface area contributed by atoms with Gasteiger partial charge >= 0.3 is 0 Å². The maximum atomic E-state index is 12.3. The first-order valence-electron chi connectivity index (χ1n) is 5.10. The molecule has 1 aromatic rings. The maximum absolute atomic E-state index is 12.3. The monoisotopic (exact) mass is 250 g/mol. The highest BCUT2D eigenvalue weighted by Crippen LogP contribution is 2.30. The van der Waals surface area contributed by atoms with Gasteiger partial charge in [0.25, 0.3) is 5.91 Å². The van der Waals surface area contributed by atoms with Crippen LogP contribution in [0.25, 0.3) is 0 Å². The van der Waals surface area contributed by atoms with Gasteiger partial charge in [0.1, 0.15) is 0 Å². The van der Waals surface area contributed by atoms with Crippen molar-refractivity contribution in [1.29, 1.82) is 0 Å². The lowest BCUT2D eigenvalue weighted by molar-refractivity contribution is -0.128. The fraction of sp³-hybridized carbons (Fsp3) is 0.250. The van der Waals surface area contributed by atoms with Crippen molar-refractivity contribution < 1.29 is 9.59 Å². The molecule has 1 amide bonds. The second-order valence-electron chi connectivity index (χ2n) is 3.87. The molecule has 0 aliphatic carbocycles. The van der Waals surface area contributed by atoms with Crippen molar-refractivity contribution in [2.24, 2.45) is 5.10 Å². The first-order chi connectivity index (χ1) is 7.98. The zero-order valence-corrected chi connectivity index (χ0v) is 10.2. The Morgan fingerprint density at radius 1 is 1.35 bits per heavy atom. The second-order valence-corrected chi connectivity index (χ2v) is 4.43. The summed E-state index contributed by atoms with van der Waals surface area (Å²) in [6.45, 7) is 1.58. The molecular weight excluding hydrogens is 240 g/mol. The van der Waals surface area contributed by atoms with Gasteiger partial charge in [0.05, 0.1) is 5.71 Å². The average Bonchev–Trinajstić information content (AvgIpc) is 2.54. The standard InChI is InChI=1S/C12H11ClN2O2/c1-8-12(13,11(17)15(2)14-8)10(16)9-6-4-3-5-7-9/h3-7H,1-2H3. The van der Waals surface area contributed by atoms with Crippen molar-refractivity contribution in [3.05, 3.63) is 35.9 Å². The predicted molar refractivity (Wildman–Crippen MR) is 65.2 cm³/mol. The topological polar surface area (TPSA) is 49.7 Å². The first kappa shape index (κ1) is 11.8. The van der Waals surface area contributed by atoms with Gasteiger partial charge in [-0.3, -0.25) is 9.59 Å². The Hall–Kier alpha value is -1.68. The molecule has 0 bridgehead atoms. The molecule has 0 saturated heterocycles. The van der Waals surface area contributed by atoms with Crippen LogP contribution in [0.1, 0.15) is 17.3 Å². The molecule has 1 aliphatic rings. The van der Waals surface area contributed by atoms with Crippen LogP contribution in [0.3, 0.4) is 0 Å². The van der Waals surface area contributed by atoms with Crippen LogP contribution in [0.4, 0.5) is 0 Å². The summed E-state index contributed by atoms with van der Waals surface area (Å²) >= 11 is 6.18. The number of ketones is 1. The van der Waals surface area contributed by atoms with Gasteiger partial charge in [-0.1, -0.05) is 41.9 Å². The summed E-state index contributed by atoms with van der Waals surface area (Å²) in [4.78, 5) is 22.5. The number of nitrogens with zero attached hydrogens (tertiary/aromatic N) is 2. The normalized spacial score (nSPS) is 23.8. The minimum atomic E-state index is -1.68. The van der Waals surface area contributed by atoms with E-state index in [1.807, 2.05) is 0 Å². The zero-order chi connectivity index (χ0) is 12.6. The van der Waals surface area contributed by atoms with Crippen LogP contribution < -0.4 is 0 Å². The van der Waals surface area contributed by atoms with E-state index >= 15 is 0 Å². The largest absolute Gasteiger partial charge is 0.291 e. The zero-order valence-electron chi connectivity index (χ0n) is 9.48. The van der Waals surface area contributed by atoms with E-state index in [0.29, 0.717) is 11.3 Å². The molecule has 0 fully saturated rings. The Balaban J connectivity index is 2.45. The number of benzene rings is 1. The Kier molecular flexibility index (Phi) is 2.75. The van der Waals surface area contributed by atoms with E-state index in [-0.39, 0.29) is 0 Å². The maximum Gasteiger partial charge on any atom is 0.277 e. The summed E-state index contributed by atoms with van der Waals surface area (Å²) in [5.74, 6) is -0.944. The molecule has 88 valence electrons. The number of rotatable bonds is 2. The molecule has 0 spiro atoms. The molecule has 17 heavy (non-hydrogen) atoms. The molecule has 1 heterocycles. The molecular formula is C12H11ClN2O2. The van der Waals surface area contributed by atoms with Crippen LogP contribution >= 0.6 is 11.6 Å². The fourth-order valence-corrected chi connectivity index (χ4v) is 2.04. The van der Waals surface area contributed by atoms with Crippen molar-refractivity contribution in [3.63, 3.8) is 0 Å². The third-order valence-electron chi connectivity index (χ3n) is 2.74. The van der Waals surface area contributed by atoms with Crippen LogP contribution in [0, 0.1) is 0 Å². The summed E-state index contributed by atoms with van der Waals surface area (Å²) in [5.41, 5.74) is 0.709. The minimum Gasteiger partial charge on any atom is -0.291 e. The summed E-state index contributed by atoms with van der Waals surface area (Å²) in [6.07, 6.45) is 0. The van der Waals surface area contributed by atoms with Gasteiger partial charge in [-0.2, -0.15) is 5.10 Å². The van der Waals surface area contributed by atoms with Crippen LogP contribution in [-0.2, 0) is 4.79 Å². The van der Waals surface area contributed by atoms with Crippen molar-refractivity contribution in [3.8, 4) is 0 Å². The van der Waals surface area contributed by atoms with Gasteiger partial charge < -0.3 is 0 Å². The lowest BCUT2D eigenvalue weighted by atomic mass is 9.93. The Labute approximate surface area is 104 Å². The lowest BCUT2D eigenvalue weighted by Crippen LogP contribution is -2.46. The minimum absolute atomic E-state index is 0.306. The number of hydrogen-bond donors (Lipinski definition) is 0. The van der Waals surface area contributed by atoms with Crippen molar-refractivity contribution in [2.45, 2.75) is 11.8 Å². The fourth-order valence-electron chi connectivity index (χ4n) is 1.77. The van der Waals surface area contributed by atoms with Gasteiger partial charge in [-0.25, -0.2) is 5.01 Å². The predicted octanol–water partition coefficient (Wildman–Crippen LogP) is 1.69. The number of carbonyl (C=O) groups excluding carboxylic acids is 2. The molecule has 1 aliphatic heterocycles. The lowest BCUT2D eigenvalue weighted by Gasteiger charge is -2.18. The van der Waals surface area contributed by atoms with Crippen molar-refractivity contribution >= 4 is 29.0 Å². The average molecular weight is 251 g/mol. The van der Waals surface area contributed by atoms with E-state index in [0.717, 1.165) is 5.01 Å². The molecule has 0 aromatic heterocycles. The smallest absolute Gasteiger partial charge is 0.277 e. The first-order valence-corrected chi connectivity index (χ1v) is 5.48. The number of carbonyl (C=O) groups is 2. The molecule has 0 N–H and O–H groups in total. The summed E-state index contributed by atoms with van der Waals surface area (Å²) in [7, 11) is 1.48. The van der Waals surface area contributed by atoms with E-state index in [2.05, 4.69) is 5.10 Å². The van der Waals surface area contributed by atoms with Gasteiger partial charge in [0.2, 0.25) is 4.87 Å². The Morgan fingerprint density at radius 3 is 2.41 bits per heavy atom. The van der Waals surface area contributed by atoms with Crippen LogP contribution in [0.5, 0.6) is 0 Å². The number of hydrazone groups is 1. The van der Waals surface area contributed by atoms with Crippen molar-refractivity contribution in [1.82, 2.24) is 5.01 Å². The molecule has 1 aromatic carbocycles. The number of alkyl halides is 1. The van der Waals surface area contributed by atoms with Gasteiger partial charge in [-0.15, -0.1) is 0 Å². The SMILES string of the molecule is CC1=NN(C)C(=O)C1(Cl)C(=O)c1ccccc1. The van der Waals surface area contributed by atoms with Crippen LogP contribution in [-0.4, -0.2) is 34.3 Å². The summed E-state index contributed by atoms with van der Waals surface area (Å²) in [5, 5.41) is 5.02. The Bertz CT molecular complexity index is 512. The summed E-state index contributed by atoms with van der Waals surface area (Å²) < 4.78 is 0. The quantitative estimate of drug-likeness (QED) is 0.456. The van der Waals surface area contributed by atoms with E-state index < -0.39 is 16.6 Å². The molecule has 1 unspecified atom stereocenters. The van der Waals surface area contributed by atoms with Crippen molar-refractivity contribution in [2.75, 3.05) is 7.05 Å². The highest BCUT2D eigenvalue weighted by atomic mass is 35.5. The molecule has 1 atom stereocenters. The highest BCUT2D eigenvalue weighted by molar-refractivity contribution is 6.60. The van der Waals surface area contributed by atoms with E-state index in [1.165, 1.54) is 7.05 Å². The van der Waals surface area contributed by atoms with Gasteiger partial charge in [0, 0.05) is 12.6 Å².